The van der Waals surface area contributed by atoms with Gasteiger partial charge < -0.3 is 9.47 Å². The lowest BCUT2D eigenvalue weighted by Gasteiger charge is -2.20. The van der Waals surface area contributed by atoms with Gasteiger partial charge in [0, 0.05) is 18.0 Å². The molecule has 2 aliphatic rings. The lowest BCUT2D eigenvalue weighted by Crippen LogP contribution is -2.35. The van der Waals surface area contributed by atoms with Crippen molar-refractivity contribution >= 4 is 39.8 Å². The number of aromatic nitrogens is 1. The van der Waals surface area contributed by atoms with Crippen molar-refractivity contribution in [1.29, 1.82) is 5.41 Å². The molecular weight excluding hydrogens is 450 g/mol. The normalized spacial score (nSPS) is 16.3. The second-order valence-corrected chi connectivity index (χ2v) is 8.31. The van der Waals surface area contributed by atoms with Crippen LogP contribution in [-0.2, 0) is 11.4 Å². The van der Waals surface area contributed by atoms with E-state index in [4.69, 9.17) is 14.9 Å². The second-order valence-electron chi connectivity index (χ2n) is 7.35. The summed E-state index contributed by atoms with van der Waals surface area (Å²) in [7, 11) is 1.56. The molecule has 0 atom stereocenters. The summed E-state index contributed by atoms with van der Waals surface area (Å²) in [6.45, 7) is 0.405. The first-order valence-electron chi connectivity index (χ1n) is 10.4. The van der Waals surface area contributed by atoms with Gasteiger partial charge in [-0.25, -0.2) is 0 Å². The first-order chi connectivity index (χ1) is 16.6. The van der Waals surface area contributed by atoms with Crippen LogP contribution in [0.15, 0.2) is 88.7 Å². The van der Waals surface area contributed by atoms with Gasteiger partial charge in [0.25, 0.3) is 5.91 Å². The van der Waals surface area contributed by atoms with Gasteiger partial charge >= 0.3 is 0 Å². The summed E-state index contributed by atoms with van der Waals surface area (Å²) in [5.41, 5.74) is 2.66. The summed E-state index contributed by atoms with van der Waals surface area (Å²) in [4.78, 5) is 21.0. The van der Waals surface area contributed by atoms with Crippen LogP contribution in [0.1, 0.15) is 16.7 Å². The van der Waals surface area contributed by atoms with Crippen LogP contribution in [0.3, 0.4) is 0 Å². The van der Waals surface area contributed by atoms with E-state index in [-0.39, 0.29) is 11.4 Å². The van der Waals surface area contributed by atoms with Gasteiger partial charge in [0.15, 0.2) is 17.3 Å². The molecule has 0 saturated carbocycles. The van der Waals surface area contributed by atoms with Gasteiger partial charge in [-0.15, -0.1) is 0 Å². The molecule has 1 N–H and O–H groups in total. The lowest BCUT2D eigenvalue weighted by atomic mass is 10.1. The van der Waals surface area contributed by atoms with E-state index in [0.29, 0.717) is 33.9 Å². The number of ether oxygens (including phenoxy) is 2. The molecule has 0 spiro atoms. The molecule has 0 fully saturated rings. The fraction of sp³-hybridized carbons (Fsp3) is 0.0800. The molecule has 0 radical (unpaired) electrons. The molecule has 2 aliphatic heterocycles. The van der Waals surface area contributed by atoms with E-state index < -0.39 is 5.91 Å². The Hall–Kier alpha value is -4.24. The molecule has 5 rings (SSSR count). The maximum Gasteiger partial charge on any atom is 0.283 e. The highest BCUT2D eigenvalue weighted by Crippen LogP contribution is 2.33. The van der Waals surface area contributed by atoms with Crippen molar-refractivity contribution in [1.82, 2.24) is 9.99 Å². The number of hydrogen-bond acceptors (Lipinski definition) is 7. The zero-order valence-electron chi connectivity index (χ0n) is 18.1. The van der Waals surface area contributed by atoms with Crippen molar-refractivity contribution in [3.8, 4) is 11.5 Å². The largest absolute Gasteiger partial charge is 0.493 e. The quantitative estimate of drug-likeness (QED) is 0.539. The van der Waals surface area contributed by atoms with E-state index in [1.54, 1.807) is 49.8 Å². The molecule has 9 heteroatoms. The highest BCUT2D eigenvalue weighted by molar-refractivity contribution is 8.27. The van der Waals surface area contributed by atoms with E-state index >= 15 is 0 Å². The van der Waals surface area contributed by atoms with E-state index in [9.17, 15) is 4.79 Å². The van der Waals surface area contributed by atoms with Crippen molar-refractivity contribution in [2.24, 2.45) is 10.1 Å². The highest BCUT2D eigenvalue weighted by atomic mass is 32.2. The van der Waals surface area contributed by atoms with Crippen LogP contribution >= 0.6 is 11.8 Å². The van der Waals surface area contributed by atoms with Crippen LogP contribution in [0.5, 0.6) is 11.5 Å². The number of pyridine rings is 1. The zero-order chi connectivity index (χ0) is 23.5. The van der Waals surface area contributed by atoms with E-state index in [2.05, 4.69) is 15.1 Å². The number of fused-ring (bicyclic) bond motifs is 1. The van der Waals surface area contributed by atoms with Gasteiger partial charge in [-0.05, 0) is 53.2 Å². The smallest absolute Gasteiger partial charge is 0.283 e. The molecule has 0 bridgehead atoms. The van der Waals surface area contributed by atoms with Crippen molar-refractivity contribution in [2.75, 3.05) is 7.11 Å². The zero-order valence-corrected chi connectivity index (χ0v) is 19.0. The summed E-state index contributed by atoms with van der Waals surface area (Å²) >= 11 is 1.24. The number of nitrogens with one attached hydrogen (secondary N) is 1. The summed E-state index contributed by atoms with van der Waals surface area (Å²) < 4.78 is 11.4. The molecule has 8 nitrogen and oxygen atoms in total. The molecule has 168 valence electrons. The number of amides is 1. The molecule has 34 heavy (non-hydrogen) atoms. The van der Waals surface area contributed by atoms with Gasteiger partial charge in [0.2, 0.25) is 5.17 Å². The van der Waals surface area contributed by atoms with E-state index in [1.165, 1.54) is 16.8 Å². The third-order valence-corrected chi connectivity index (χ3v) is 6.06. The number of hydrogen-bond donors (Lipinski definition) is 1. The number of nitrogens with zero attached hydrogens (tertiary/aromatic N) is 4. The Kier molecular flexibility index (Phi) is 5.92. The van der Waals surface area contributed by atoms with Gasteiger partial charge in [0.05, 0.1) is 12.7 Å². The molecule has 2 aromatic carbocycles. The number of carbonyl (C=O) groups is 1. The Balaban J connectivity index is 1.38. The van der Waals surface area contributed by atoms with Gasteiger partial charge in [-0.3, -0.25) is 15.2 Å². The van der Waals surface area contributed by atoms with Crippen molar-refractivity contribution in [2.45, 2.75) is 6.61 Å². The summed E-state index contributed by atoms with van der Waals surface area (Å²) in [5, 5.41) is 15.4. The molecular formula is C25H19N5O3S. The number of amidine groups is 2. The van der Waals surface area contributed by atoms with E-state index in [0.717, 1.165) is 11.1 Å². The highest BCUT2D eigenvalue weighted by Gasteiger charge is 2.36. The second kappa shape index (κ2) is 9.32. The molecule has 3 aromatic rings. The number of hydrazone groups is 1. The first-order valence-corrected chi connectivity index (χ1v) is 11.2. The van der Waals surface area contributed by atoms with Crippen LogP contribution in [0, 0.1) is 5.41 Å². The molecule has 0 saturated heterocycles. The number of rotatable bonds is 6. The van der Waals surface area contributed by atoms with E-state index in [1.807, 2.05) is 36.4 Å². The van der Waals surface area contributed by atoms with Gasteiger partial charge in [0.1, 0.15) is 11.7 Å². The number of benzene rings is 2. The number of aliphatic imine (C=N–C) groups is 1. The summed E-state index contributed by atoms with van der Waals surface area (Å²) in [5.74, 6) is 0.581. The third-order valence-electron chi connectivity index (χ3n) is 5.10. The minimum Gasteiger partial charge on any atom is -0.493 e. The number of carbonyl (C=O) groups excluding carboxylic acids is 1. The van der Waals surface area contributed by atoms with Crippen LogP contribution in [0.2, 0.25) is 0 Å². The summed E-state index contributed by atoms with van der Waals surface area (Å²) in [6.07, 6.45) is 4.96. The van der Waals surface area contributed by atoms with Crippen LogP contribution in [0.4, 0.5) is 0 Å². The fourth-order valence-electron chi connectivity index (χ4n) is 3.39. The first kappa shape index (κ1) is 21.6. The fourth-order valence-corrected chi connectivity index (χ4v) is 4.27. The molecule has 0 unspecified atom stereocenters. The minimum atomic E-state index is -0.491. The van der Waals surface area contributed by atoms with Gasteiger partial charge in [-0.1, -0.05) is 36.4 Å². The minimum absolute atomic E-state index is 0.0373. The molecule has 1 aromatic heterocycles. The lowest BCUT2D eigenvalue weighted by molar-refractivity contribution is -0.114. The predicted octanol–water partition coefficient (Wildman–Crippen LogP) is 4.34. The number of methoxy groups -OCH3 is 1. The maximum absolute atomic E-state index is 12.7. The predicted molar refractivity (Wildman–Crippen MR) is 132 cm³/mol. The Labute approximate surface area is 200 Å². The Morgan fingerprint density at radius 3 is 2.71 bits per heavy atom. The van der Waals surface area contributed by atoms with Crippen molar-refractivity contribution in [3.63, 3.8) is 0 Å². The monoisotopic (exact) mass is 469 g/mol. The maximum atomic E-state index is 12.7. The topological polar surface area (TPSA) is 100 Å². The van der Waals surface area contributed by atoms with Crippen LogP contribution in [-0.4, -0.2) is 39.1 Å². The summed E-state index contributed by atoms with van der Waals surface area (Å²) in [6, 6.07) is 18.9. The molecule has 0 aliphatic carbocycles. The Bertz CT molecular complexity index is 1350. The number of thioether (sulfide) groups is 1. The van der Waals surface area contributed by atoms with Gasteiger partial charge in [-0.2, -0.15) is 15.1 Å². The van der Waals surface area contributed by atoms with Crippen LogP contribution in [0.25, 0.3) is 6.08 Å². The van der Waals surface area contributed by atoms with Crippen molar-refractivity contribution in [3.05, 3.63) is 95.3 Å². The molecule has 3 heterocycles. The Morgan fingerprint density at radius 2 is 1.94 bits per heavy atom. The SMILES string of the molecule is COc1cc(C=C2C(=N)N3N=C(c4cccnc4)SC3=NC2=O)ccc1OCc1ccccc1. The van der Waals surface area contributed by atoms with Crippen molar-refractivity contribution < 1.29 is 14.3 Å². The average molecular weight is 470 g/mol. The average Bonchev–Trinajstić information content (AvgIpc) is 3.31. The third kappa shape index (κ3) is 4.33. The van der Waals surface area contributed by atoms with Crippen LogP contribution < -0.4 is 9.47 Å². The standard InChI is InChI=1S/C25H19N5O3S/c1-32-21-13-17(9-10-20(21)33-15-16-6-3-2-4-7-16)12-19-22(26)30-25(28-23(19)31)34-24(29-30)18-8-5-11-27-14-18/h2-14,26H,15H2,1H3. The Morgan fingerprint density at radius 1 is 1.09 bits per heavy atom. The molecule has 1 amide bonds.